The van der Waals surface area contributed by atoms with E-state index in [1.165, 1.54) is 30.3 Å². The van der Waals surface area contributed by atoms with E-state index >= 15 is 0 Å². The van der Waals surface area contributed by atoms with Crippen molar-refractivity contribution >= 4 is 15.7 Å². The monoisotopic (exact) mass is 342 g/mol. The maximum absolute atomic E-state index is 12.3. The molecule has 0 radical (unpaired) electrons. The molecule has 0 atom stereocenters. The topological polar surface area (TPSA) is 79.2 Å². The van der Waals surface area contributed by atoms with Gasteiger partial charge in [0.05, 0.1) is 22.2 Å². The van der Waals surface area contributed by atoms with Crippen LogP contribution in [0.1, 0.15) is 5.56 Å². The van der Waals surface area contributed by atoms with Gasteiger partial charge in [-0.3, -0.25) is 4.72 Å². The van der Waals surface area contributed by atoms with Crippen LogP contribution in [0.4, 0.5) is 18.9 Å². The van der Waals surface area contributed by atoms with Gasteiger partial charge in [0.1, 0.15) is 0 Å². The Kier molecular flexibility index (Phi) is 4.47. The average molecular weight is 342 g/mol. The molecule has 23 heavy (non-hydrogen) atoms. The Morgan fingerprint density at radius 2 is 1.78 bits per heavy atom. The van der Waals surface area contributed by atoms with Crippen molar-refractivity contribution in [1.82, 2.24) is 0 Å². The van der Waals surface area contributed by atoms with Crippen molar-refractivity contribution in [3.8, 4) is 11.8 Å². The number of ether oxygens (including phenoxy) is 1. The molecule has 2 aromatic rings. The molecule has 0 aliphatic rings. The molecule has 0 aliphatic carbocycles. The van der Waals surface area contributed by atoms with E-state index in [2.05, 4.69) is 4.74 Å². The summed E-state index contributed by atoms with van der Waals surface area (Å²) in [5, 5.41) is 8.78. The summed E-state index contributed by atoms with van der Waals surface area (Å²) in [6, 6.07) is 11.6. The second kappa shape index (κ2) is 6.18. The molecule has 0 aromatic heterocycles. The van der Waals surface area contributed by atoms with Gasteiger partial charge in [-0.2, -0.15) is 5.26 Å². The van der Waals surface area contributed by atoms with Gasteiger partial charge in [0, 0.05) is 0 Å². The van der Waals surface area contributed by atoms with Crippen molar-refractivity contribution in [2.45, 2.75) is 11.3 Å². The normalized spacial score (nSPS) is 11.6. The molecule has 1 N–H and O–H groups in total. The highest BCUT2D eigenvalue weighted by Gasteiger charge is 2.32. The highest BCUT2D eigenvalue weighted by molar-refractivity contribution is 7.92. The number of rotatable bonds is 4. The number of anilines is 1. The second-order valence-corrected chi connectivity index (χ2v) is 5.97. The molecule has 2 aromatic carbocycles. The molecule has 0 bridgehead atoms. The first-order chi connectivity index (χ1) is 10.7. The summed E-state index contributed by atoms with van der Waals surface area (Å²) in [5.41, 5.74) is -0.264. The Morgan fingerprint density at radius 3 is 2.43 bits per heavy atom. The molecule has 0 saturated heterocycles. The summed E-state index contributed by atoms with van der Waals surface area (Å²) in [7, 11) is -4.17. The fraction of sp³-hybridized carbons (Fsp3) is 0.0714. The first-order valence-electron chi connectivity index (χ1n) is 6.09. The Balaban J connectivity index is 2.36. The molecule has 120 valence electrons. The minimum Gasteiger partial charge on any atom is -0.404 e. The third-order valence-electron chi connectivity index (χ3n) is 2.63. The summed E-state index contributed by atoms with van der Waals surface area (Å²) < 4.78 is 67.3. The number of benzene rings is 2. The largest absolute Gasteiger partial charge is 0.573 e. The Morgan fingerprint density at radius 1 is 1.09 bits per heavy atom. The third kappa shape index (κ3) is 4.37. The van der Waals surface area contributed by atoms with Crippen LogP contribution in [0.15, 0.2) is 53.4 Å². The van der Waals surface area contributed by atoms with E-state index < -0.39 is 22.1 Å². The van der Waals surface area contributed by atoms with E-state index in [-0.39, 0.29) is 16.1 Å². The molecule has 0 saturated carbocycles. The highest BCUT2D eigenvalue weighted by Crippen LogP contribution is 2.31. The number of hydrogen-bond donors (Lipinski definition) is 1. The summed E-state index contributed by atoms with van der Waals surface area (Å²) in [6.07, 6.45) is -4.96. The summed E-state index contributed by atoms with van der Waals surface area (Å²) in [4.78, 5) is -0.252. The first kappa shape index (κ1) is 16.6. The number of alkyl halides is 3. The summed E-state index contributed by atoms with van der Waals surface area (Å²) in [5.74, 6) is -0.681. The Labute approximate surface area is 130 Å². The number of nitrogens with one attached hydrogen (secondary N) is 1. The van der Waals surface area contributed by atoms with E-state index in [1.54, 1.807) is 6.07 Å². The van der Waals surface area contributed by atoms with Gasteiger partial charge in [0.2, 0.25) is 0 Å². The van der Waals surface area contributed by atoms with Crippen LogP contribution in [-0.4, -0.2) is 14.8 Å². The minimum absolute atomic E-state index is 0.104. The van der Waals surface area contributed by atoms with E-state index in [1.807, 2.05) is 4.72 Å². The molecule has 0 aliphatic heterocycles. The lowest BCUT2D eigenvalue weighted by molar-refractivity contribution is -0.274. The van der Waals surface area contributed by atoms with Crippen LogP contribution in [0.3, 0.4) is 0 Å². The minimum atomic E-state index is -4.96. The van der Waals surface area contributed by atoms with Gasteiger partial charge < -0.3 is 4.74 Å². The van der Waals surface area contributed by atoms with Crippen LogP contribution in [0, 0.1) is 11.3 Å². The molecular weight excluding hydrogens is 333 g/mol. The number of para-hydroxylation sites is 2. The number of halogens is 3. The smallest absolute Gasteiger partial charge is 0.404 e. The molecule has 0 heterocycles. The lowest BCUT2D eigenvalue weighted by Crippen LogP contribution is -2.19. The van der Waals surface area contributed by atoms with Crippen LogP contribution in [0.2, 0.25) is 0 Å². The van der Waals surface area contributed by atoms with E-state index in [0.29, 0.717) is 0 Å². The van der Waals surface area contributed by atoms with Gasteiger partial charge in [-0.15, -0.1) is 13.2 Å². The van der Waals surface area contributed by atoms with E-state index in [4.69, 9.17) is 5.26 Å². The maximum atomic E-state index is 12.3. The van der Waals surface area contributed by atoms with E-state index in [0.717, 1.165) is 18.2 Å². The number of nitrogens with zero attached hydrogens (tertiary/aromatic N) is 1. The first-order valence-corrected chi connectivity index (χ1v) is 7.57. The van der Waals surface area contributed by atoms with Crippen molar-refractivity contribution in [2.24, 2.45) is 0 Å². The number of nitriles is 1. The number of sulfonamides is 1. The van der Waals surface area contributed by atoms with Crippen LogP contribution >= 0.6 is 0 Å². The lowest BCUT2D eigenvalue weighted by atomic mass is 10.2. The Hall–Kier alpha value is -2.73. The molecule has 0 unspecified atom stereocenters. The van der Waals surface area contributed by atoms with Crippen LogP contribution < -0.4 is 9.46 Å². The molecule has 0 fully saturated rings. The second-order valence-electron chi connectivity index (χ2n) is 4.29. The Bertz CT molecular complexity index is 858. The summed E-state index contributed by atoms with van der Waals surface area (Å²) >= 11 is 0. The van der Waals surface area contributed by atoms with Gasteiger partial charge >= 0.3 is 6.36 Å². The molecule has 9 heteroatoms. The van der Waals surface area contributed by atoms with Gasteiger partial charge in [-0.25, -0.2) is 8.42 Å². The fourth-order valence-corrected chi connectivity index (χ4v) is 2.82. The molecule has 0 spiro atoms. The van der Waals surface area contributed by atoms with Crippen molar-refractivity contribution in [2.75, 3.05) is 4.72 Å². The zero-order valence-corrected chi connectivity index (χ0v) is 12.1. The molecule has 2 rings (SSSR count). The van der Waals surface area contributed by atoms with Crippen molar-refractivity contribution in [3.05, 3.63) is 54.1 Å². The zero-order chi connectivity index (χ0) is 17.1. The fourth-order valence-electron chi connectivity index (χ4n) is 1.70. The highest BCUT2D eigenvalue weighted by atomic mass is 32.2. The van der Waals surface area contributed by atoms with Crippen molar-refractivity contribution < 1.29 is 26.3 Å². The number of hydrogen-bond acceptors (Lipinski definition) is 4. The van der Waals surface area contributed by atoms with Crippen molar-refractivity contribution in [1.29, 1.82) is 5.26 Å². The van der Waals surface area contributed by atoms with E-state index in [9.17, 15) is 21.6 Å². The van der Waals surface area contributed by atoms with Gasteiger partial charge in [-0.05, 0) is 30.3 Å². The van der Waals surface area contributed by atoms with Crippen molar-refractivity contribution in [3.63, 3.8) is 0 Å². The van der Waals surface area contributed by atoms with Crippen LogP contribution in [0.5, 0.6) is 5.75 Å². The summed E-state index contributed by atoms with van der Waals surface area (Å²) in [6.45, 7) is 0. The zero-order valence-electron chi connectivity index (χ0n) is 11.3. The molecule has 0 amide bonds. The average Bonchev–Trinajstić information content (AvgIpc) is 2.48. The maximum Gasteiger partial charge on any atom is 0.573 e. The van der Waals surface area contributed by atoms with Crippen LogP contribution in [-0.2, 0) is 10.0 Å². The predicted molar refractivity (Wildman–Crippen MR) is 75.1 cm³/mol. The molecule has 5 nitrogen and oxygen atoms in total. The quantitative estimate of drug-likeness (QED) is 0.925. The van der Waals surface area contributed by atoms with Gasteiger partial charge in [0.25, 0.3) is 10.0 Å². The standard InChI is InChI=1S/C14H9F3N2O3S/c15-14(16,17)22-13-7-2-1-6-12(13)19-23(20,21)11-5-3-4-10(8-11)9-18/h1-8,19H. The molecular formula is C14H9F3N2O3S. The van der Waals surface area contributed by atoms with Crippen LogP contribution in [0.25, 0.3) is 0 Å². The lowest BCUT2D eigenvalue weighted by Gasteiger charge is -2.14. The third-order valence-corrected chi connectivity index (χ3v) is 3.99. The van der Waals surface area contributed by atoms with Gasteiger partial charge in [-0.1, -0.05) is 18.2 Å². The SMILES string of the molecule is N#Cc1cccc(S(=O)(=O)Nc2ccccc2OC(F)(F)F)c1. The van der Waals surface area contributed by atoms with Gasteiger partial charge in [0.15, 0.2) is 5.75 Å². The predicted octanol–water partition coefficient (Wildman–Crippen LogP) is 3.26.